The molecule has 9 heteroatoms. The van der Waals surface area contributed by atoms with E-state index in [1.165, 1.54) is 0 Å². The summed E-state index contributed by atoms with van der Waals surface area (Å²) in [7, 11) is 0. The van der Waals surface area contributed by atoms with Gasteiger partial charge in [0.15, 0.2) is 0 Å². The van der Waals surface area contributed by atoms with Crippen molar-refractivity contribution in [3.05, 3.63) is 42.5 Å². The Labute approximate surface area is 219 Å². The van der Waals surface area contributed by atoms with Gasteiger partial charge in [-0.15, -0.1) is 0 Å². The summed E-state index contributed by atoms with van der Waals surface area (Å²) in [5, 5.41) is 11.5. The summed E-state index contributed by atoms with van der Waals surface area (Å²) in [6.45, 7) is 9.16. The van der Waals surface area contributed by atoms with E-state index in [4.69, 9.17) is 15.0 Å². The topological polar surface area (TPSA) is 102 Å². The molecule has 4 rings (SSSR count). The normalized spacial score (nSPS) is 18.2. The Hall–Kier alpha value is -3.80. The molecule has 1 N–H and O–H groups in total. The average molecular weight is 505 g/mol. The highest BCUT2D eigenvalue weighted by Crippen LogP contribution is 2.28. The smallest absolute Gasteiger partial charge is 0.410 e. The van der Waals surface area contributed by atoms with Crippen molar-refractivity contribution >= 4 is 23.5 Å². The molecule has 9 nitrogen and oxygen atoms in total. The fraction of sp³-hybridized carbons (Fsp3) is 0.500. The summed E-state index contributed by atoms with van der Waals surface area (Å²) in [6.07, 6.45) is 2.48. The minimum Gasteiger partial charge on any atom is -0.444 e. The van der Waals surface area contributed by atoms with E-state index < -0.39 is 5.60 Å². The van der Waals surface area contributed by atoms with Gasteiger partial charge >= 0.3 is 6.09 Å². The number of hydrogen-bond acceptors (Lipinski definition) is 7. The zero-order chi connectivity index (χ0) is 26.4. The van der Waals surface area contributed by atoms with Gasteiger partial charge in [0, 0.05) is 44.0 Å². The molecular formula is C28H36N6O3. The fourth-order valence-corrected chi connectivity index (χ4v) is 4.78. The van der Waals surface area contributed by atoms with Gasteiger partial charge in [0.2, 0.25) is 5.91 Å². The number of benzene rings is 1. The van der Waals surface area contributed by atoms with Gasteiger partial charge in [-0.25, -0.2) is 9.78 Å². The number of ether oxygens (including phenoxy) is 1. The molecule has 1 unspecified atom stereocenters. The SMILES string of the molecule is CC(C)(C)OC(=O)N1CCN(c2ccc(-c3cccc(N4CCCCC4C(=O)NCC#N)n3)cc2)CC1. The van der Waals surface area contributed by atoms with Crippen molar-refractivity contribution in [2.45, 2.75) is 51.7 Å². The Balaban J connectivity index is 1.41. The zero-order valence-electron chi connectivity index (χ0n) is 21.9. The zero-order valence-corrected chi connectivity index (χ0v) is 21.9. The minimum atomic E-state index is -0.492. The van der Waals surface area contributed by atoms with Crippen molar-refractivity contribution in [3.8, 4) is 17.3 Å². The third-order valence-corrected chi connectivity index (χ3v) is 6.64. The monoisotopic (exact) mass is 504 g/mol. The molecule has 0 bridgehead atoms. The summed E-state index contributed by atoms with van der Waals surface area (Å²) in [5.41, 5.74) is 2.46. The van der Waals surface area contributed by atoms with Gasteiger partial charge < -0.3 is 24.8 Å². The number of anilines is 2. The molecular weight excluding hydrogens is 468 g/mol. The summed E-state index contributed by atoms with van der Waals surface area (Å²) in [4.78, 5) is 36.0. The summed E-state index contributed by atoms with van der Waals surface area (Å²) < 4.78 is 5.50. The van der Waals surface area contributed by atoms with Crippen LogP contribution in [0, 0.1) is 11.3 Å². The number of pyridine rings is 1. The number of carbonyl (C=O) groups excluding carboxylic acids is 2. The van der Waals surface area contributed by atoms with Crippen molar-refractivity contribution in [1.82, 2.24) is 15.2 Å². The molecule has 2 saturated heterocycles. The highest BCUT2D eigenvalue weighted by Gasteiger charge is 2.30. The number of aromatic nitrogens is 1. The first kappa shape index (κ1) is 26.3. The number of carbonyl (C=O) groups is 2. The number of nitriles is 1. The molecule has 37 heavy (non-hydrogen) atoms. The third-order valence-electron chi connectivity index (χ3n) is 6.64. The van der Waals surface area contributed by atoms with E-state index >= 15 is 0 Å². The number of nitrogens with one attached hydrogen (secondary N) is 1. The molecule has 1 atom stereocenters. The summed E-state index contributed by atoms with van der Waals surface area (Å²) >= 11 is 0. The number of rotatable bonds is 5. The highest BCUT2D eigenvalue weighted by atomic mass is 16.6. The van der Waals surface area contributed by atoms with Gasteiger partial charge in [-0.3, -0.25) is 4.79 Å². The Morgan fingerprint density at radius 1 is 1.05 bits per heavy atom. The molecule has 0 saturated carbocycles. The van der Waals surface area contributed by atoms with E-state index in [-0.39, 0.29) is 24.6 Å². The number of piperazine rings is 1. The maximum atomic E-state index is 12.6. The molecule has 196 valence electrons. The van der Waals surface area contributed by atoms with Crippen LogP contribution >= 0.6 is 0 Å². The standard InChI is InChI=1S/C28H36N6O3/c1-28(2,3)37-27(36)33-19-17-32(18-20-33)22-12-10-21(11-13-22)23-7-6-9-25(31-23)34-16-5-4-8-24(34)26(35)30-15-14-29/h6-7,9-13,24H,4-5,8,15-20H2,1-3H3,(H,30,35). The van der Waals surface area contributed by atoms with Crippen molar-refractivity contribution < 1.29 is 14.3 Å². The minimum absolute atomic E-state index is 0.0129. The van der Waals surface area contributed by atoms with Gasteiger partial charge in [-0.2, -0.15) is 5.26 Å². The van der Waals surface area contributed by atoms with E-state index in [1.54, 1.807) is 4.90 Å². The first-order valence-corrected chi connectivity index (χ1v) is 13.0. The lowest BCUT2D eigenvalue weighted by Crippen LogP contribution is -2.50. The van der Waals surface area contributed by atoms with Gasteiger partial charge in [-0.05, 0) is 64.3 Å². The molecule has 2 aliphatic rings. The van der Waals surface area contributed by atoms with Crippen LogP contribution in [0.4, 0.5) is 16.3 Å². The second-order valence-corrected chi connectivity index (χ2v) is 10.5. The van der Waals surface area contributed by atoms with Crippen LogP contribution in [0.3, 0.4) is 0 Å². The first-order chi connectivity index (χ1) is 17.7. The molecule has 1 aromatic heterocycles. The Bertz CT molecular complexity index is 1130. The van der Waals surface area contributed by atoms with E-state index in [1.807, 2.05) is 45.0 Å². The number of hydrogen-bond donors (Lipinski definition) is 1. The predicted octanol–water partition coefficient (Wildman–Crippen LogP) is 3.80. The van der Waals surface area contributed by atoms with Crippen LogP contribution in [-0.2, 0) is 9.53 Å². The van der Waals surface area contributed by atoms with Crippen LogP contribution < -0.4 is 15.1 Å². The van der Waals surface area contributed by atoms with E-state index in [0.717, 1.165) is 61.7 Å². The lowest BCUT2D eigenvalue weighted by atomic mass is 10.0. The maximum Gasteiger partial charge on any atom is 0.410 e. The molecule has 0 aliphatic carbocycles. The second kappa shape index (κ2) is 11.5. The van der Waals surface area contributed by atoms with Crippen LogP contribution in [-0.4, -0.2) is 72.8 Å². The molecule has 3 heterocycles. The van der Waals surface area contributed by atoms with E-state index in [2.05, 4.69) is 39.4 Å². The maximum absolute atomic E-state index is 12.6. The Kier molecular flexibility index (Phi) is 8.17. The average Bonchev–Trinajstić information content (AvgIpc) is 2.91. The van der Waals surface area contributed by atoms with Gasteiger partial charge in [0.1, 0.15) is 24.0 Å². The van der Waals surface area contributed by atoms with E-state index in [9.17, 15) is 9.59 Å². The fourth-order valence-electron chi connectivity index (χ4n) is 4.78. The van der Waals surface area contributed by atoms with Gasteiger partial charge in [-0.1, -0.05) is 18.2 Å². The molecule has 2 aliphatic heterocycles. The van der Waals surface area contributed by atoms with Crippen LogP contribution in [0.2, 0.25) is 0 Å². The lowest BCUT2D eigenvalue weighted by Gasteiger charge is -2.36. The van der Waals surface area contributed by atoms with Crippen LogP contribution in [0.1, 0.15) is 40.0 Å². The molecule has 0 spiro atoms. The summed E-state index contributed by atoms with van der Waals surface area (Å²) in [6, 6.07) is 15.9. The second-order valence-electron chi connectivity index (χ2n) is 10.5. The molecule has 1 aromatic carbocycles. The number of amides is 2. The van der Waals surface area contributed by atoms with Crippen molar-refractivity contribution in [2.75, 3.05) is 49.1 Å². The molecule has 2 amide bonds. The molecule has 0 radical (unpaired) electrons. The van der Waals surface area contributed by atoms with Crippen molar-refractivity contribution in [2.24, 2.45) is 0 Å². The quantitative estimate of drug-likeness (QED) is 0.618. The number of nitrogens with zero attached hydrogens (tertiary/aromatic N) is 5. The van der Waals surface area contributed by atoms with Crippen molar-refractivity contribution in [1.29, 1.82) is 5.26 Å². The predicted molar refractivity (Wildman–Crippen MR) is 143 cm³/mol. The molecule has 2 fully saturated rings. The van der Waals surface area contributed by atoms with Crippen LogP contribution in [0.25, 0.3) is 11.3 Å². The van der Waals surface area contributed by atoms with Crippen LogP contribution in [0.15, 0.2) is 42.5 Å². The van der Waals surface area contributed by atoms with Gasteiger partial charge in [0.25, 0.3) is 0 Å². The van der Waals surface area contributed by atoms with Gasteiger partial charge in [0.05, 0.1) is 11.8 Å². The van der Waals surface area contributed by atoms with E-state index in [0.29, 0.717) is 13.1 Å². The third kappa shape index (κ3) is 6.70. The lowest BCUT2D eigenvalue weighted by molar-refractivity contribution is -0.122. The molecule has 2 aromatic rings. The van der Waals surface area contributed by atoms with Crippen molar-refractivity contribution in [3.63, 3.8) is 0 Å². The Morgan fingerprint density at radius 2 is 1.78 bits per heavy atom. The highest BCUT2D eigenvalue weighted by molar-refractivity contribution is 5.85. The van der Waals surface area contributed by atoms with Crippen LogP contribution in [0.5, 0.6) is 0 Å². The number of piperidine rings is 1. The Morgan fingerprint density at radius 3 is 2.46 bits per heavy atom. The first-order valence-electron chi connectivity index (χ1n) is 13.0. The summed E-state index contributed by atoms with van der Waals surface area (Å²) in [5.74, 6) is 0.654. The largest absolute Gasteiger partial charge is 0.444 e.